The second kappa shape index (κ2) is 7.95. The maximum atomic E-state index is 12.9. The first kappa shape index (κ1) is 17.2. The third kappa shape index (κ3) is 4.06. The summed E-state index contributed by atoms with van der Waals surface area (Å²) in [6.45, 7) is 3.53. The molecule has 1 amide bonds. The Balaban J connectivity index is 1.72. The Morgan fingerprint density at radius 2 is 2.20 bits per heavy atom. The highest BCUT2D eigenvalue weighted by Gasteiger charge is 2.28. The summed E-state index contributed by atoms with van der Waals surface area (Å²) >= 11 is 0. The van der Waals surface area contributed by atoms with E-state index in [-0.39, 0.29) is 18.4 Å². The molecule has 25 heavy (non-hydrogen) atoms. The predicted octanol–water partition coefficient (Wildman–Crippen LogP) is 2.26. The number of nitriles is 1. The molecular weight excluding hydrogens is 318 g/mol. The lowest BCUT2D eigenvalue weighted by molar-refractivity contribution is -0.132. The van der Waals surface area contributed by atoms with Gasteiger partial charge in [-0.1, -0.05) is 35.5 Å². The van der Waals surface area contributed by atoms with E-state index in [2.05, 4.69) is 23.4 Å². The first-order valence-corrected chi connectivity index (χ1v) is 8.45. The second-order valence-electron chi connectivity index (χ2n) is 6.19. The van der Waals surface area contributed by atoms with Crippen LogP contribution in [0.15, 0.2) is 34.9 Å². The second-order valence-corrected chi connectivity index (χ2v) is 6.19. The topological polar surface area (TPSA) is 79.4 Å². The quantitative estimate of drug-likeness (QED) is 0.806. The number of rotatable bonds is 6. The average Bonchev–Trinajstić information content (AvgIpc) is 3.26. The fraction of sp³-hybridized carbons (Fsp3) is 0.421. The van der Waals surface area contributed by atoms with Crippen LogP contribution in [0, 0.1) is 18.3 Å². The molecule has 0 aliphatic carbocycles. The number of ether oxygens (including phenoxy) is 1. The highest BCUT2D eigenvalue weighted by molar-refractivity contribution is 5.79. The van der Waals surface area contributed by atoms with Crippen molar-refractivity contribution >= 4 is 5.91 Å². The normalized spacial score (nSPS) is 16.6. The van der Waals surface area contributed by atoms with Gasteiger partial charge >= 0.3 is 0 Å². The monoisotopic (exact) mass is 339 g/mol. The molecule has 0 spiro atoms. The van der Waals surface area contributed by atoms with Gasteiger partial charge in [-0.25, -0.2) is 0 Å². The van der Waals surface area contributed by atoms with E-state index in [1.54, 1.807) is 6.92 Å². The lowest BCUT2D eigenvalue weighted by atomic mass is 10.1. The molecule has 0 N–H and O–H groups in total. The number of aryl methyl sites for hydroxylation is 1. The molecule has 2 aromatic rings. The van der Waals surface area contributed by atoms with Crippen LogP contribution < -0.4 is 0 Å². The first-order valence-electron chi connectivity index (χ1n) is 8.45. The van der Waals surface area contributed by atoms with Crippen molar-refractivity contribution in [2.45, 2.75) is 32.2 Å². The molecule has 3 rings (SSSR count). The molecule has 6 nitrogen and oxygen atoms in total. The van der Waals surface area contributed by atoms with Crippen LogP contribution in [0.3, 0.4) is 0 Å². The van der Waals surface area contributed by atoms with Gasteiger partial charge in [0.1, 0.15) is 17.3 Å². The Kier molecular flexibility index (Phi) is 5.46. The Hall–Kier alpha value is -2.65. The number of aromatic nitrogens is 1. The van der Waals surface area contributed by atoms with Gasteiger partial charge in [-0.2, -0.15) is 5.26 Å². The number of benzene rings is 1. The van der Waals surface area contributed by atoms with Crippen molar-refractivity contribution in [2.75, 3.05) is 19.8 Å². The van der Waals surface area contributed by atoms with Gasteiger partial charge < -0.3 is 14.2 Å². The number of nitrogens with zero attached hydrogens (tertiary/aromatic N) is 3. The van der Waals surface area contributed by atoms with Crippen LogP contribution in [-0.4, -0.2) is 41.8 Å². The minimum Gasteiger partial charge on any atom is -0.379 e. The number of hydrogen-bond donors (Lipinski definition) is 0. The van der Waals surface area contributed by atoms with E-state index in [0.29, 0.717) is 36.8 Å². The number of carbonyl (C=O) groups excluding carboxylic acids is 1. The number of carbonyl (C=O) groups is 1. The van der Waals surface area contributed by atoms with Gasteiger partial charge in [0.05, 0.1) is 19.1 Å². The van der Waals surface area contributed by atoms with Crippen LogP contribution in [0.4, 0.5) is 0 Å². The summed E-state index contributed by atoms with van der Waals surface area (Å²) in [5, 5.41) is 13.1. The molecular formula is C19H21N3O3. The minimum atomic E-state index is -0.0452. The van der Waals surface area contributed by atoms with Crippen molar-refractivity contribution in [2.24, 2.45) is 0 Å². The van der Waals surface area contributed by atoms with Crippen molar-refractivity contribution in [3.05, 3.63) is 52.9 Å². The molecule has 1 atom stereocenters. The summed E-state index contributed by atoms with van der Waals surface area (Å²) < 4.78 is 10.5. The van der Waals surface area contributed by atoms with Crippen LogP contribution in [-0.2, 0) is 22.4 Å². The smallest absolute Gasteiger partial charge is 0.229 e. The third-order valence-electron chi connectivity index (χ3n) is 4.51. The van der Waals surface area contributed by atoms with E-state index in [1.165, 1.54) is 5.56 Å². The molecule has 1 saturated heterocycles. The van der Waals surface area contributed by atoms with Crippen molar-refractivity contribution < 1.29 is 14.1 Å². The fourth-order valence-corrected chi connectivity index (χ4v) is 3.10. The van der Waals surface area contributed by atoms with E-state index in [9.17, 15) is 10.1 Å². The highest BCUT2D eigenvalue weighted by atomic mass is 16.5. The van der Waals surface area contributed by atoms with Crippen LogP contribution in [0.5, 0.6) is 0 Å². The zero-order valence-corrected chi connectivity index (χ0v) is 14.3. The molecule has 0 radical (unpaired) electrons. The standard InChI is InChI=1S/C19H21N3O3/c1-14-17(12-20)18(21-25-14)11-19(23)22(16-8-10-24-13-16)9-7-15-5-3-2-4-6-15/h2-6,16H,7-11,13H2,1H3. The van der Waals surface area contributed by atoms with Crippen molar-refractivity contribution in [3.63, 3.8) is 0 Å². The Labute approximate surface area is 147 Å². The zero-order valence-electron chi connectivity index (χ0n) is 14.3. The van der Waals surface area contributed by atoms with Crippen molar-refractivity contribution in [1.29, 1.82) is 5.26 Å². The van der Waals surface area contributed by atoms with Gasteiger partial charge in [-0.15, -0.1) is 0 Å². The van der Waals surface area contributed by atoms with Gasteiger partial charge in [0.2, 0.25) is 5.91 Å². The molecule has 130 valence electrons. The Morgan fingerprint density at radius 3 is 2.88 bits per heavy atom. The van der Waals surface area contributed by atoms with E-state index in [0.717, 1.165) is 12.8 Å². The summed E-state index contributed by atoms with van der Waals surface area (Å²) in [6.07, 6.45) is 1.70. The van der Waals surface area contributed by atoms with E-state index < -0.39 is 0 Å². The molecule has 1 aliphatic heterocycles. The maximum Gasteiger partial charge on any atom is 0.229 e. The number of amides is 1. The maximum absolute atomic E-state index is 12.9. The van der Waals surface area contributed by atoms with Crippen LogP contribution in [0.1, 0.15) is 29.0 Å². The summed E-state index contributed by atoms with van der Waals surface area (Å²) in [6, 6.07) is 12.2. The molecule has 6 heteroatoms. The van der Waals surface area contributed by atoms with Gasteiger partial charge in [-0.3, -0.25) is 4.79 Å². The zero-order chi connectivity index (χ0) is 17.6. The first-order chi connectivity index (χ1) is 12.2. The van der Waals surface area contributed by atoms with Crippen molar-refractivity contribution in [1.82, 2.24) is 10.1 Å². The lowest BCUT2D eigenvalue weighted by Gasteiger charge is -2.28. The Morgan fingerprint density at radius 1 is 1.40 bits per heavy atom. The summed E-state index contributed by atoms with van der Waals surface area (Å²) in [5.41, 5.74) is 1.96. The summed E-state index contributed by atoms with van der Waals surface area (Å²) in [4.78, 5) is 14.7. The molecule has 1 aliphatic rings. The fourth-order valence-electron chi connectivity index (χ4n) is 3.10. The van der Waals surface area contributed by atoms with Gasteiger partial charge in [0, 0.05) is 13.2 Å². The minimum absolute atomic E-state index is 0.0452. The Bertz CT molecular complexity index is 758. The van der Waals surface area contributed by atoms with Crippen molar-refractivity contribution in [3.8, 4) is 6.07 Å². The predicted molar refractivity (Wildman–Crippen MR) is 90.7 cm³/mol. The molecule has 1 unspecified atom stereocenters. The molecule has 2 heterocycles. The largest absolute Gasteiger partial charge is 0.379 e. The number of hydrogen-bond acceptors (Lipinski definition) is 5. The molecule has 0 bridgehead atoms. The molecule has 0 saturated carbocycles. The summed E-state index contributed by atoms with van der Waals surface area (Å²) in [7, 11) is 0. The highest BCUT2D eigenvalue weighted by Crippen LogP contribution is 2.18. The average molecular weight is 339 g/mol. The van der Waals surface area contributed by atoms with Gasteiger partial charge in [-0.05, 0) is 25.3 Å². The van der Waals surface area contributed by atoms with Crippen LogP contribution in [0.2, 0.25) is 0 Å². The molecule has 1 aromatic heterocycles. The molecule has 1 aromatic carbocycles. The van der Waals surface area contributed by atoms with E-state index in [4.69, 9.17) is 9.26 Å². The van der Waals surface area contributed by atoms with E-state index >= 15 is 0 Å². The SMILES string of the molecule is Cc1onc(CC(=O)N(CCc2ccccc2)C2CCOC2)c1C#N. The summed E-state index contributed by atoms with van der Waals surface area (Å²) in [5.74, 6) is 0.404. The van der Waals surface area contributed by atoms with E-state index in [1.807, 2.05) is 23.1 Å². The van der Waals surface area contributed by atoms with Crippen LogP contribution >= 0.6 is 0 Å². The molecule has 1 fully saturated rings. The lowest BCUT2D eigenvalue weighted by Crippen LogP contribution is -2.43. The van der Waals surface area contributed by atoms with Crippen LogP contribution in [0.25, 0.3) is 0 Å². The third-order valence-corrected chi connectivity index (χ3v) is 4.51. The van der Waals surface area contributed by atoms with Gasteiger partial charge in [0.25, 0.3) is 0 Å². The van der Waals surface area contributed by atoms with Gasteiger partial charge in [0.15, 0.2) is 5.76 Å².